The number of carboxylic acids is 2. The van der Waals surface area contributed by atoms with Gasteiger partial charge in [-0.05, 0) is 18.6 Å². The van der Waals surface area contributed by atoms with Crippen molar-refractivity contribution < 1.29 is 29.3 Å². The summed E-state index contributed by atoms with van der Waals surface area (Å²) in [5.41, 5.74) is -1.60. The maximum absolute atomic E-state index is 11.4. The van der Waals surface area contributed by atoms with Gasteiger partial charge >= 0.3 is 11.9 Å². The first-order valence-electron chi connectivity index (χ1n) is 4.96. The van der Waals surface area contributed by atoms with Crippen molar-refractivity contribution in [1.29, 1.82) is 0 Å². The van der Waals surface area contributed by atoms with E-state index in [1.165, 1.54) is 20.3 Å². The highest BCUT2D eigenvalue weighted by Gasteiger charge is 2.52. The Hall–Kier alpha value is -1.18. The van der Waals surface area contributed by atoms with Crippen LogP contribution >= 0.6 is 15.9 Å². The van der Waals surface area contributed by atoms with Gasteiger partial charge in [-0.25, -0.2) is 9.59 Å². The lowest BCUT2D eigenvalue weighted by atomic mass is 9.83. The van der Waals surface area contributed by atoms with Crippen LogP contribution in [0.1, 0.15) is 6.92 Å². The van der Waals surface area contributed by atoms with Gasteiger partial charge in [0.05, 0.1) is 5.57 Å². The standard InChI is InChI=1S/C11H13BrO6/c1-5-6(12)4-11(18-3,10(15)16)8(17-2)7(5)9(13)14/h4,8H,1-3H3,(H,13,14)(H,15,16). The monoisotopic (exact) mass is 320 g/mol. The summed E-state index contributed by atoms with van der Waals surface area (Å²) in [4.78, 5) is 22.7. The first-order valence-corrected chi connectivity index (χ1v) is 5.75. The van der Waals surface area contributed by atoms with Crippen molar-refractivity contribution in [3.8, 4) is 0 Å². The van der Waals surface area contributed by atoms with E-state index in [2.05, 4.69) is 15.9 Å². The van der Waals surface area contributed by atoms with Crippen molar-refractivity contribution in [2.45, 2.75) is 18.6 Å². The summed E-state index contributed by atoms with van der Waals surface area (Å²) in [7, 11) is 2.43. The molecule has 100 valence electrons. The number of methoxy groups -OCH3 is 2. The predicted octanol–water partition coefficient (Wildman–Crippen LogP) is 1.16. The summed E-state index contributed by atoms with van der Waals surface area (Å²) in [5, 5.41) is 18.5. The second-order valence-corrected chi connectivity index (χ2v) is 4.61. The quantitative estimate of drug-likeness (QED) is 0.807. The van der Waals surface area contributed by atoms with Crippen LogP contribution in [-0.2, 0) is 19.1 Å². The van der Waals surface area contributed by atoms with E-state index in [1.807, 2.05) is 0 Å². The number of aliphatic carboxylic acids is 2. The smallest absolute Gasteiger partial charge is 0.343 e. The van der Waals surface area contributed by atoms with Gasteiger partial charge in [0.25, 0.3) is 0 Å². The lowest BCUT2D eigenvalue weighted by Crippen LogP contribution is -2.54. The molecule has 1 aliphatic rings. The predicted molar refractivity (Wildman–Crippen MR) is 65.5 cm³/mol. The summed E-state index contributed by atoms with van der Waals surface area (Å²) >= 11 is 3.14. The number of rotatable bonds is 4. The van der Waals surface area contributed by atoms with Crippen molar-refractivity contribution in [2.24, 2.45) is 0 Å². The lowest BCUT2D eigenvalue weighted by Gasteiger charge is -2.36. The van der Waals surface area contributed by atoms with Crippen LogP contribution in [0.15, 0.2) is 21.7 Å². The van der Waals surface area contributed by atoms with Crippen LogP contribution in [0.2, 0.25) is 0 Å². The minimum absolute atomic E-state index is 0.142. The summed E-state index contributed by atoms with van der Waals surface area (Å²) < 4.78 is 10.4. The van der Waals surface area contributed by atoms with Crippen molar-refractivity contribution in [3.63, 3.8) is 0 Å². The molecule has 7 heteroatoms. The van der Waals surface area contributed by atoms with Gasteiger partial charge < -0.3 is 19.7 Å². The average molecular weight is 321 g/mol. The summed E-state index contributed by atoms with van der Waals surface area (Å²) in [5.74, 6) is -2.56. The Morgan fingerprint density at radius 3 is 2.28 bits per heavy atom. The minimum atomic E-state index is -1.86. The summed E-state index contributed by atoms with van der Waals surface area (Å²) in [6, 6.07) is 0. The van der Waals surface area contributed by atoms with E-state index < -0.39 is 23.6 Å². The second kappa shape index (κ2) is 5.21. The maximum atomic E-state index is 11.4. The van der Waals surface area contributed by atoms with E-state index in [0.717, 1.165) is 0 Å². The van der Waals surface area contributed by atoms with Crippen LogP contribution in [0.3, 0.4) is 0 Å². The molecule has 0 amide bonds. The zero-order chi connectivity index (χ0) is 14.1. The van der Waals surface area contributed by atoms with Crippen molar-refractivity contribution in [1.82, 2.24) is 0 Å². The molecule has 2 unspecified atom stereocenters. The Morgan fingerprint density at radius 2 is 1.94 bits per heavy atom. The van der Waals surface area contributed by atoms with E-state index in [0.29, 0.717) is 10.1 Å². The molecule has 0 aliphatic heterocycles. The molecule has 0 aromatic heterocycles. The third-order valence-electron chi connectivity index (χ3n) is 2.89. The van der Waals surface area contributed by atoms with E-state index in [4.69, 9.17) is 9.47 Å². The Morgan fingerprint density at radius 1 is 1.39 bits per heavy atom. The van der Waals surface area contributed by atoms with E-state index in [1.54, 1.807) is 6.92 Å². The van der Waals surface area contributed by atoms with Gasteiger partial charge in [-0.3, -0.25) is 0 Å². The van der Waals surface area contributed by atoms with Crippen LogP contribution in [0.5, 0.6) is 0 Å². The zero-order valence-corrected chi connectivity index (χ0v) is 11.6. The molecule has 2 N–H and O–H groups in total. The first-order chi connectivity index (χ1) is 8.31. The largest absolute Gasteiger partial charge is 0.479 e. The van der Waals surface area contributed by atoms with E-state index in [-0.39, 0.29) is 5.57 Å². The highest BCUT2D eigenvalue weighted by molar-refractivity contribution is 9.12. The van der Waals surface area contributed by atoms with Gasteiger partial charge in [0.15, 0.2) is 0 Å². The van der Waals surface area contributed by atoms with Gasteiger partial charge in [-0.15, -0.1) is 0 Å². The number of carbonyl (C=O) groups is 2. The van der Waals surface area contributed by atoms with E-state index in [9.17, 15) is 19.8 Å². The van der Waals surface area contributed by atoms with E-state index >= 15 is 0 Å². The topological polar surface area (TPSA) is 93.1 Å². The fourth-order valence-electron chi connectivity index (χ4n) is 1.90. The van der Waals surface area contributed by atoms with Crippen LogP contribution in [-0.4, -0.2) is 48.1 Å². The first kappa shape index (κ1) is 14.9. The molecular weight excluding hydrogens is 308 g/mol. The molecule has 1 rings (SSSR count). The highest BCUT2D eigenvalue weighted by Crippen LogP contribution is 2.38. The molecule has 0 heterocycles. The normalized spacial score (nSPS) is 28.0. The number of allylic oxidation sites excluding steroid dienone is 2. The van der Waals surface area contributed by atoms with Crippen LogP contribution in [0.25, 0.3) is 0 Å². The Kier molecular flexibility index (Phi) is 4.31. The molecule has 2 atom stereocenters. The van der Waals surface area contributed by atoms with Gasteiger partial charge in [0.2, 0.25) is 5.60 Å². The SMILES string of the molecule is COC1C(C(=O)O)=C(C)C(Br)=CC1(OC)C(=O)O. The van der Waals surface area contributed by atoms with Gasteiger partial charge in [0.1, 0.15) is 6.10 Å². The number of ether oxygens (including phenoxy) is 2. The summed E-state index contributed by atoms with van der Waals surface area (Å²) in [6.45, 7) is 1.57. The Bertz CT molecular complexity index is 452. The van der Waals surface area contributed by atoms with Crippen LogP contribution in [0, 0.1) is 0 Å². The van der Waals surface area contributed by atoms with Crippen molar-refractivity contribution >= 4 is 27.9 Å². The fourth-order valence-corrected chi connectivity index (χ4v) is 2.46. The maximum Gasteiger partial charge on any atom is 0.343 e. The van der Waals surface area contributed by atoms with Gasteiger partial charge in [0, 0.05) is 18.7 Å². The third kappa shape index (κ3) is 2.09. The molecule has 0 spiro atoms. The van der Waals surface area contributed by atoms with Crippen molar-refractivity contribution in [3.05, 3.63) is 21.7 Å². The van der Waals surface area contributed by atoms with Crippen LogP contribution in [0.4, 0.5) is 0 Å². The average Bonchev–Trinajstić information content (AvgIpc) is 2.30. The second-order valence-electron chi connectivity index (χ2n) is 3.75. The molecule has 0 fully saturated rings. The van der Waals surface area contributed by atoms with Gasteiger partial charge in [-0.1, -0.05) is 15.9 Å². The molecule has 0 radical (unpaired) electrons. The molecule has 18 heavy (non-hydrogen) atoms. The summed E-state index contributed by atoms with van der Waals surface area (Å²) in [6.07, 6.45) is 0.0736. The molecule has 0 aromatic rings. The van der Waals surface area contributed by atoms with Crippen LogP contribution < -0.4 is 0 Å². The molecule has 0 aromatic carbocycles. The Labute approximate surface area is 112 Å². The van der Waals surface area contributed by atoms with Crippen molar-refractivity contribution in [2.75, 3.05) is 14.2 Å². The Balaban J connectivity index is 3.53. The zero-order valence-electron chi connectivity index (χ0n) is 10.1. The molecular formula is C11H13BrO6. The number of halogens is 1. The molecule has 0 bridgehead atoms. The molecule has 0 saturated heterocycles. The third-order valence-corrected chi connectivity index (χ3v) is 3.72. The minimum Gasteiger partial charge on any atom is -0.479 e. The lowest BCUT2D eigenvalue weighted by molar-refractivity contribution is -0.169. The molecule has 0 saturated carbocycles. The molecule has 6 nitrogen and oxygen atoms in total. The van der Waals surface area contributed by atoms with Gasteiger partial charge in [-0.2, -0.15) is 0 Å². The molecule has 1 aliphatic carbocycles. The number of hydrogen-bond acceptors (Lipinski definition) is 4. The number of hydrogen-bond donors (Lipinski definition) is 2. The fraction of sp³-hybridized carbons (Fsp3) is 0.455. The number of carboxylic acid groups (broad SMARTS) is 2. The highest BCUT2D eigenvalue weighted by atomic mass is 79.9.